The molecule has 23 heavy (non-hydrogen) atoms. The number of hydrogen-bond acceptors (Lipinski definition) is 4. The number of para-hydroxylation sites is 2. The zero-order valence-electron chi connectivity index (χ0n) is 14.0. The van der Waals surface area contributed by atoms with Crippen molar-refractivity contribution >= 4 is 22.9 Å². The molecule has 6 nitrogen and oxygen atoms in total. The van der Waals surface area contributed by atoms with Crippen molar-refractivity contribution < 1.29 is 14.3 Å². The third-order valence-corrected chi connectivity index (χ3v) is 4.13. The number of ether oxygens (including phenoxy) is 1. The molecule has 0 bridgehead atoms. The first-order valence-electron chi connectivity index (χ1n) is 7.77. The molecule has 2 aromatic rings. The number of hydrogen-bond donors (Lipinski definition) is 1. The Morgan fingerprint density at radius 3 is 2.70 bits per heavy atom. The fraction of sp³-hybridized carbons (Fsp3) is 0.471. The van der Waals surface area contributed by atoms with Crippen LogP contribution in [-0.2, 0) is 20.9 Å². The summed E-state index contributed by atoms with van der Waals surface area (Å²) in [4.78, 5) is 28.7. The van der Waals surface area contributed by atoms with E-state index in [2.05, 4.69) is 10.3 Å². The summed E-state index contributed by atoms with van der Waals surface area (Å²) in [6.07, 6.45) is 0.771. The Hall–Kier alpha value is -2.37. The summed E-state index contributed by atoms with van der Waals surface area (Å²) in [5.74, 6) is 0.124. The van der Waals surface area contributed by atoms with Gasteiger partial charge in [-0.25, -0.2) is 9.78 Å². The second kappa shape index (κ2) is 7.26. The van der Waals surface area contributed by atoms with Crippen molar-refractivity contribution in [3.05, 3.63) is 30.1 Å². The average Bonchev–Trinajstić information content (AvgIpc) is 2.87. The molecule has 0 aliphatic heterocycles. The molecule has 6 heteroatoms. The molecule has 2 atom stereocenters. The topological polar surface area (TPSA) is 73.2 Å². The molecule has 0 saturated carbocycles. The van der Waals surface area contributed by atoms with Crippen molar-refractivity contribution in [1.82, 2.24) is 14.9 Å². The number of amides is 1. The zero-order valence-corrected chi connectivity index (χ0v) is 14.0. The van der Waals surface area contributed by atoms with E-state index < -0.39 is 12.0 Å². The van der Waals surface area contributed by atoms with Gasteiger partial charge >= 0.3 is 5.97 Å². The monoisotopic (exact) mass is 317 g/mol. The fourth-order valence-electron chi connectivity index (χ4n) is 2.55. The van der Waals surface area contributed by atoms with Gasteiger partial charge < -0.3 is 14.6 Å². The van der Waals surface area contributed by atoms with E-state index in [1.807, 2.05) is 49.6 Å². The van der Waals surface area contributed by atoms with E-state index >= 15 is 0 Å². The van der Waals surface area contributed by atoms with Gasteiger partial charge in [0, 0.05) is 0 Å². The number of carbonyl (C=O) groups is 2. The Kier molecular flexibility index (Phi) is 5.36. The van der Waals surface area contributed by atoms with Crippen molar-refractivity contribution in [2.75, 3.05) is 7.11 Å². The Morgan fingerprint density at radius 1 is 1.35 bits per heavy atom. The number of aryl methyl sites for hydroxylation is 1. The second-order valence-corrected chi connectivity index (χ2v) is 5.69. The van der Waals surface area contributed by atoms with E-state index in [-0.39, 0.29) is 18.4 Å². The highest BCUT2D eigenvalue weighted by Crippen LogP contribution is 2.15. The lowest BCUT2D eigenvalue weighted by Crippen LogP contribution is -2.46. The third kappa shape index (κ3) is 3.70. The average molecular weight is 317 g/mol. The maximum atomic E-state index is 12.4. The van der Waals surface area contributed by atoms with Crippen LogP contribution in [0.2, 0.25) is 0 Å². The van der Waals surface area contributed by atoms with Gasteiger partial charge in [-0.2, -0.15) is 0 Å². The lowest BCUT2D eigenvalue weighted by atomic mass is 9.99. The zero-order chi connectivity index (χ0) is 17.0. The maximum absolute atomic E-state index is 12.4. The molecule has 0 spiro atoms. The van der Waals surface area contributed by atoms with E-state index in [0.717, 1.165) is 23.3 Å². The predicted molar refractivity (Wildman–Crippen MR) is 87.9 cm³/mol. The van der Waals surface area contributed by atoms with E-state index in [1.165, 1.54) is 7.11 Å². The van der Waals surface area contributed by atoms with Crippen LogP contribution in [0.1, 0.15) is 26.1 Å². The molecule has 1 aromatic carbocycles. The van der Waals surface area contributed by atoms with Crippen molar-refractivity contribution in [3.63, 3.8) is 0 Å². The molecule has 0 unspecified atom stereocenters. The number of esters is 1. The summed E-state index contributed by atoms with van der Waals surface area (Å²) in [6.45, 7) is 5.87. The molecule has 124 valence electrons. The fourth-order valence-corrected chi connectivity index (χ4v) is 2.55. The van der Waals surface area contributed by atoms with Crippen LogP contribution >= 0.6 is 0 Å². The Labute approximate surface area is 135 Å². The Bertz CT molecular complexity index is 708. The van der Waals surface area contributed by atoms with Gasteiger partial charge in [-0.1, -0.05) is 32.4 Å². The highest BCUT2D eigenvalue weighted by atomic mass is 16.5. The number of fused-ring (bicyclic) bond motifs is 1. The maximum Gasteiger partial charge on any atom is 0.328 e. The van der Waals surface area contributed by atoms with E-state index in [4.69, 9.17) is 4.74 Å². The van der Waals surface area contributed by atoms with Crippen LogP contribution in [0.25, 0.3) is 11.0 Å². The number of imidazole rings is 1. The SMILES string of the molecule is CC[C@@H](C)[C@H](NC(=O)Cn1c(C)nc2ccccc21)C(=O)OC. The number of methoxy groups -OCH3 is 1. The van der Waals surface area contributed by atoms with Crippen LogP contribution < -0.4 is 5.32 Å². The molecule has 0 fully saturated rings. The van der Waals surface area contributed by atoms with Crippen molar-refractivity contribution in [2.45, 2.75) is 39.8 Å². The van der Waals surface area contributed by atoms with Gasteiger partial charge in [0.1, 0.15) is 18.4 Å². The summed E-state index contributed by atoms with van der Waals surface area (Å²) in [5, 5.41) is 2.79. The molecular weight excluding hydrogens is 294 g/mol. The summed E-state index contributed by atoms with van der Waals surface area (Å²) in [5.41, 5.74) is 1.75. The largest absolute Gasteiger partial charge is 0.467 e. The minimum absolute atomic E-state index is 0.00651. The van der Waals surface area contributed by atoms with Crippen LogP contribution in [0.4, 0.5) is 0 Å². The van der Waals surface area contributed by atoms with Gasteiger partial charge in [0.05, 0.1) is 18.1 Å². The van der Waals surface area contributed by atoms with Crippen molar-refractivity contribution in [3.8, 4) is 0 Å². The Balaban J connectivity index is 2.17. The van der Waals surface area contributed by atoms with Gasteiger partial charge in [-0.05, 0) is 25.0 Å². The molecule has 1 N–H and O–H groups in total. The summed E-state index contributed by atoms with van der Waals surface area (Å²) >= 11 is 0. The van der Waals surface area contributed by atoms with Gasteiger partial charge in [-0.3, -0.25) is 4.79 Å². The standard InChI is InChI=1S/C17H23N3O3/c1-5-11(2)16(17(22)23-4)19-15(21)10-20-12(3)18-13-8-6-7-9-14(13)20/h6-9,11,16H,5,10H2,1-4H3,(H,19,21)/t11-,16+/m1/s1. The minimum atomic E-state index is -0.632. The molecule has 0 radical (unpaired) electrons. The van der Waals surface area contributed by atoms with Gasteiger partial charge in [-0.15, -0.1) is 0 Å². The molecular formula is C17H23N3O3. The smallest absolute Gasteiger partial charge is 0.328 e. The molecule has 0 aliphatic rings. The number of benzene rings is 1. The number of nitrogens with one attached hydrogen (secondary N) is 1. The van der Waals surface area contributed by atoms with Crippen molar-refractivity contribution in [2.24, 2.45) is 5.92 Å². The summed E-state index contributed by atoms with van der Waals surface area (Å²) in [7, 11) is 1.33. The van der Waals surface area contributed by atoms with Crippen molar-refractivity contribution in [1.29, 1.82) is 0 Å². The van der Waals surface area contributed by atoms with Crippen LogP contribution in [0.15, 0.2) is 24.3 Å². The minimum Gasteiger partial charge on any atom is -0.467 e. The Morgan fingerprint density at radius 2 is 2.04 bits per heavy atom. The highest BCUT2D eigenvalue weighted by Gasteiger charge is 2.26. The summed E-state index contributed by atoms with van der Waals surface area (Å²) in [6, 6.07) is 7.03. The van der Waals surface area contributed by atoms with Crippen LogP contribution in [0.5, 0.6) is 0 Å². The number of rotatable bonds is 6. The number of carbonyl (C=O) groups excluding carboxylic acids is 2. The molecule has 1 aromatic heterocycles. The van der Waals surface area contributed by atoms with Gasteiger partial charge in [0.25, 0.3) is 0 Å². The van der Waals surface area contributed by atoms with Crippen LogP contribution in [-0.4, -0.2) is 34.6 Å². The van der Waals surface area contributed by atoms with E-state index in [0.29, 0.717) is 0 Å². The molecule has 2 rings (SSSR count). The van der Waals surface area contributed by atoms with Crippen LogP contribution in [0.3, 0.4) is 0 Å². The lowest BCUT2D eigenvalue weighted by Gasteiger charge is -2.22. The predicted octanol–water partition coefficient (Wildman–Crippen LogP) is 2.05. The highest BCUT2D eigenvalue weighted by molar-refractivity contribution is 5.86. The summed E-state index contributed by atoms with van der Waals surface area (Å²) < 4.78 is 6.64. The first kappa shape index (κ1) is 17.0. The molecule has 0 saturated heterocycles. The van der Waals surface area contributed by atoms with Crippen LogP contribution in [0, 0.1) is 12.8 Å². The normalized spacial score (nSPS) is 13.6. The number of nitrogens with zero attached hydrogens (tertiary/aromatic N) is 2. The van der Waals surface area contributed by atoms with E-state index in [1.54, 1.807) is 0 Å². The second-order valence-electron chi connectivity index (χ2n) is 5.69. The first-order valence-corrected chi connectivity index (χ1v) is 7.77. The third-order valence-electron chi connectivity index (χ3n) is 4.13. The first-order chi connectivity index (χ1) is 11.0. The molecule has 0 aliphatic carbocycles. The number of aromatic nitrogens is 2. The van der Waals surface area contributed by atoms with Gasteiger partial charge in [0.2, 0.25) is 5.91 Å². The molecule has 1 amide bonds. The van der Waals surface area contributed by atoms with E-state index in [9.17, 15) is 9.59 Å². The molecule has 1 heterocycles. The lowest BCUT2D eigenvalue weighted by molar-refractivity contribution is -0.146. The van der Waals surface area contributed by atoms with Gasteiger partial charge in [0.15, 0.2) is 0 Å². The quantitative estimate of drug-likeness (QED) is 0.828.